The van der Waals surface area contributed by atoms with Crippen molar-refractivity contribution in [2.75, 3.05) is 13.1 Å². The molecule has 1 fully saturated rings. The van der Waals surface area contributed by atoms with Crippen LogP contribution in [0.15, 0.2) is 28.8 Å². The second kappa shape index (κ2) is 7.83. The van der Waals surface area contributed by atoms with Gasteiger partial charge in [-0.05, 0) is 29.7 Å². The highest BCUT2D eigenvalue weighted by atomic mass is 16.5. The highest BCUT2D eigenvalue weighted by Crippen LogP contribution is 2.29. The molecule has 1 aromatic heterocycles. The van der Waals surface area contributed by atoms with Crippen LogP contribution in [0.5, 0.6) is 0 Å². The summed E-state index contributed by atoms with van der Waals surface area (Å²) >= 11 is 0. The largest absolute Gasteiger partial charge is 0.342 e. The van der Waals surface area contributed by atoms with Crippen LogP contribution in [0.1, 0.15) is 77.2 Å². The van der Waals surface area contributed by atoms with Crippen molar-refractivity contribution in [2.45, 2.75) is 65.7 Å². The molecule has 146 valence electrons. The molecule has 2 aromatic rings. The molecular weight excluding hydrogens is 338 g/mol. The molecule has 0 bridgehead atoms. The lowest BCUT2D eigenvalue weighted by Gasteiger charge is -2.33. The highest BCUT2D eigenvalue weighted by molar-refractivity contribution is 5.77. The molecule has 0 spiro atoms. The molecule has 0 saturated carbocycles. The first kappa shape index (κ1) is 19.6. The average Bonchev–Trinajstić information content (AvgIpc) is 3.10. The SMILES string of the molecule is CC(C)c1ccc(-c2noc(C3CCCN(C(=O)CC(C)(C)C)C3)n2)cc1. The van der Waals surface area contributed by atoms with Crippen molar-refractivity contribution in [1.29, 1.82) is 0 Å². The van der Waals surface area contributed by atoms with Gasteiger partial charge in [-0.3, -0.25) is 4.79 Å². The molecule has 1 atom stereocenters. The zero-order valence-corrected chi connectivity index (χ0v) is 17.2. The van der Waals surface area contributed by atoms with Gasteiger partial charge in [-0.2, -0.15) is 4.98 Å². The van der Waals surface area contributed by atoms with Crippen LogP contribution in [0, 0.1) is 5.41 Å². The summed E-state index contributed by atoms with van der Waals surface area (Å²) in [5, 5.41) is 4.18. The Morgan fingerprint density at radius 3 is 2.59 bits per heavy atom. The number of amides is 1. The van der Waals surface area contributed by atoms with Crippen LogP contribution in [-0.2, 0) is 4.79 Å². The van der Waals surface area contributed by atoms with Crippen molar-refractivity contribution >= 4 is 5.91 Å². The lowest BCUT2D eigenvalue weighted by atomic mass is 9.90. The molecule has 1 unspecified atom stereocenters. The quantitative estimate of drug-likeness (QED) is 0.761. The van der Waals surface area contributed by atoms with Gasteiger partial charge in [-0.25, -0.2) is 0 Å². The Balaban J connectivity index is 1.69. The van der Waals surface area contributed by atoms with Gasteiger partial charge in [-0.1, -0.05) is 64.0 Å². The smallest absolute Gasteiger partial charge is 0.231 e. The molecule has 1 amide bonds. The zero-order valence-electron chi connectivity index (χ0n) is 17.2. The first-order valence-corrected chi connectivity index (χ1v) is 9.94. The number of carbonyl (C=O) groups excluding carboxylic acids is 1. The van der Waals surface area contributed by atoms with E-state index in [9.17, 15) is 4.79 Å². The van der Waals surface area contributed by atoms with Crippen LogP contribution in [0.2, 0.25) is 0 Å². The van der Waals surface area contributed by atoms with Crippen molar-refractivity contribution < 1.29 is 9.32 Å². The fourth-order valence-electron chi connectivity index (χ4n) is 3.51. The summed E-state index contributed by atoms with van der Waals surface area (Å²) in [5.74, 6) is 2.11. The standard InChI is InChI=1S/C22H31N3O2/c1-15(2)16-8-10-17(11-9-16)20-23-21(27-24-20)18-7-6-12-25(14-18)19(26)13-22(3,4)5/h8-11,15,18H,6-7,12-14H2,1-5H3. The summed E-state index contributed by atoms with van der Waals surface area (Å²) < 4.78 is 5.57. The molecule has 0 N–H and O–H groups in total. The maximum atomic E-state index is 12.6. The Morgan fingerprint density at radius 2 is 1.96 bits per heavy atom. The van der Waals surface area contributed by atoms with Crippen LogP contribution >= 0.6 is 0 Å². The van der Waals surface area contributed by atoms with E-state index in [1.165, 1.54) is 5.56 Å². The van der Waals surface area contributed by atoms with Gasteiger partial charge < -0.3 is 9.42 Å². The summed E-state index contributed by atoms with van der Waals surface area (Å²) in [6.07, 6.45) is 2.52. The highest BCUT2D eigenvalue weighted by Gasteiger charge is 2.30. The number of piperidine rings is 1. The molecule has 5 heteroatoms. The van der Waals surface area contributed by atoms with Crippen molar-refractivity contribution in [3.8, 4) is 11.4 Å². The van der Waals surface area contributed by atoms with E-state index in [0.717, 1.165) is 24.9 Å². The van der Waals surface area contributed by atoms with Crippen LogP contribution in [-0.4, -0.2) is 34.0 Å². The molecule has 1 aliphatic rings. The number of hydrogen-bond acceptors (Lipinski definition) is 4. The normalized spacial score (nSPS) is 18.1. The predicted molar refractivity (Wildman–Crippen MR) is 106 cm³/mol. The van der Waals surface area contributed by atoms with Gasteiger partial charge in [0.1, 0.15) is 0 Å². The Morgan fingerprint density at radius 1 is 1.26 bits per heavy atom. The van der Waals surface area contributed by atoms with E-state index in [-0.39, 0.29) is 17.2 Å². The van der Waals surface area contributed by atoms with Gasteiger partial charge in [0, 0.05) is 25.1 Å². The molecule has 0 aliphatic carbocycles. The van der Waals surface area contributed by atoms with Crippen LogP contribution in [0.4, 0.5) is 0 Å². The first-order chi connectivity index (χ1) is 12.7. The molecule has 1 saturated heterocycles. The van der Waals surface area contributed by atoms with Crippen molar-refractivity contribution in [3.63, 3.8) is 0 Å². The van der Waals surface area contributed by atoms with E-state index in [4.69, 9.17) is 4.52 Å². The van der Waals surface area contributed by atoms with Gasteiger partial charge in [0.25, 0.3) is 0 Å². The summed E-state index contributed by atoms with van der Waals surface area (Å²) in [7, 11) is 0. The number of carbonyl (C=O) groups is 1. The Kier molecular flexibility index (Phi) is 5.68. The van der Waals surface area contributed by atoms with E-state index in [0.29, 0.717) is 30.6 Å². The van der Waals surface area contributed by atoms with Crippen LogP contribution < -0.4 is 0 Å². The molecule has 0 radical (unpaired) electrons. The second-order valence-corrected chi connectivity index (χ2v) is 9.15. The number of hydrogen-bond donors (Lipinski definition) is 0. The monoisotopic (exact) mass is 369 g/mol. The summed E-state index contributed by atoms with van der Waals surface area (Å²) in [6.45, 7) is 12.1. The molecule has 27 heavy (non-hydrogen) atoms. The minimum atomic E-state index is 0.00380. The number of likely N-dealkylation sites (tertiary alicyclic amines) is 1. The summed E-state index contributed by atoms with van der Waals surface area (Å²) in [4.78, 5) is 19.2. The van der Waals surface area contributed by atoms with Crippen molar-refractivity contribution in [3.05, 3.63) is 35.7 Å². The van der Waals surface area contributed by atoms with E-state index in [2.05, 4.69) is 56.9 Å². The number of nitrogens with zero attached hydrogens (tertiary/aromatic N) is 3. The van der Waals surface area contributed by atoms with Crippen molar-refractivity contribution in [2.24, 2.45) is 5.41 Å². The zero-order chi connectivity index (χ0) is 19.6. The lowest BCUT2D eigenvalue weighted by molar-refractivity contribution is -0.134. The molecule has 1 aromatic carbocycles. The first-order valence-electron chi connectivity index (χ1n) is 9.94. The predicted octanol–water partition coefficient (Wildman–Crippen LogP) is 5.00. The molecule has 3 rings (SSSR count). The summed E-state index contributed by atoms with van der Waals surface area (Å²) in [5.41, 5.74) is 2.26. The molecule has 5 nitrogen and oxygen atoms in total. The summed E-state index contributed by atoms with van der Waals surface area (Å²) in [6, 6.07) is 8.32. The maximum absolute atomic E-state index is 12.6. The number of benzene rings is 1. The van der Waals surface area contributed by atoms with Crippen LogP contribution in [0.25, 0.3) is 11.4 Å². The topological polar surface area (TPSA) is 59.2 Å². The average molecular weight is 370 g/mol. The van der Waals surface area contributed by atoms with Gasteiger partial charge >= 0.3 is 0 Å². The van der Waals surface area contributed by atoms with Gasteiger partial charge in [0.05, 0.1) is 5.92 Å². The Labute approximate surface area is 162 Å². The molecular formula is C22H31N3O2. The number of aromatic nitrogens is 2. The van der Waals surface area contributed by atoms with Crippen molar-refractivity contribution in [1.82, 2.24) is 15.0 Å². The van der Waals surface area contributed by atoms with Gasteiger partial charge in [-0.15, -0.1) is 0 Å². The fraction of sp³-hybridized carbons (Fsp3) is 0.591. The third-order valence-corrected chi connectivity index (χ3v) is 5.08. The minimum Gasteiger partial charge on any atom is -0.342 e. The van der Waals surface area contributed by atoms with Crippen LogP contribution in [0.3, 0.4) is 0 Å². The molecule has 1 aliphatic heterocycles. The van der Waals surface area contributed by atoms with E-state index in [1.807, 2.05) is 17.0 Å². The maximum Gasteiger partial charge on any atom is 0.231 e. The fourth-order valence-corrected chi connectivity index (χ4v) is 3.51. The second-order valence-electron chi connectivity index (χ2n) is 9.15. The Bertz CT molecular complexity index is 772. The van der Waals surface area contributed by atoms with Gasteiger partial charge in [0.15, 0.2) is 0 Å². The lowest BCUT2D eigenvalue weighted by Crippen LogP contribution is -2.40. The third kappa shape index (κ3) is 4.96. The number of rotatable bonds is 4. The Hall–Kier alpha value is -2.17. The van der Waals surface area contributed by atoms with E-state index >= 15 is 0 Å². The minimum absolute atomic E-state index is 0.00380. The molecule has 2 heterocycles. The van der Waals surface area contributed by atoms with E-state index < -0.39 is 0 Å². The third-order valence-electron chi connectivity index (χ3n) is 5.08. The van der Waals surface area contributed by atoms with E-state index in [1.54, 1.807) is 0 Å². The van der Waals surface area contributed by atoms with Gasteiger partial charge in [0.2, 0.25) is 17.6 Å².